The van der Waals surface area contributed by atoms with Gasteiger partial charge in [0.1, 0.15) is 5.69 Å². The first kappa shape index (κ1) is 15.9. The molecule has 2 aliphatic heterocycles. The van der Waals surface area contributed by atoms with Crippen LogP contribution >= 0.6 is 0 Å². The van der Waals surface area contributed by atoms with Crippen molar-refractivity contribution in [3.05, 3.63) is 23.5 Å². The largest absolute Gasteiger partial charge is 0.347 e. The van der Waals surface area contributed by atoms with Crippen LogP contribution in [0.15, 0.2) is 12.3 Å². The molecule has 0 aliphatic carbocycles. The van der Waals surface area contributed by atoms with Crippen molar-refractivity contribution in [1.29, 1.82) is 0 Å². The number of rotatable bonds is 1. The predicted molar refractivity (Wildman–Crippen MR) is 87.7 cm³/mol. The molecule has 1 aromatic heterocycles. The Morgan fingerprint density at radius 2 is 2.22 bits per heavy atom. The van der Waals surface area contributed by atoms with E-state index in [0.717, 1.165) is 5.56 Å². The SMILES string of the molecule is CC1(C)CCN(C(=O)Nc2cnc3c(c2)CNC3=O)CCS1=O. The zero-order chi connectivity index (χ0) is 16.6. The number of carbonyl (C=O) groups is 2. The van der Waals surface area contributed by atoms with E-state index in [4.69, 9.17) is 0 Å². The summed E-state index contributed by atoms with van der Waals surface area (Å²) in [6.45, 7) is 5.42. The molecule has 0 bridgehead atoms. The van der Waals surface area contributed by atoms with E-state index in [9.17, 15) is 13.8 Å². The van der Waals surface area contributed by atoms with Crippen LogP contribution in [0.3, 0.4) is 0 Å². The van der Waals surface area contributed by atoms with Crippen LogP contribution in [0.2, 0.25) is 0 Å². The summed E-state index contributed by atoms with van der Waals surface area (Å²) in [5, 5.41) is 5.51. The molecule has 8 heteroatoms. The van der Waals surface area contributed by atoms with Crippen LogP contribution < -0.4 is 10.6 Å². The summed E-state index contributed by atoms with van der Waals surface area (Å²) in [6.07, 6.45) is 2.19. The molecule has 23 heavy (non-hydrogen) atoms. The number of carbonyl (C=O) groups excluding carboxylic acids is 2. The molecule has 0 saturated carbocycles. The average Bonchev–Trinajstić information content (AvgIpc) is 2.80. The van der Waals surface area contributed by atoms with Gasteiger partial charge in [-0.3, -0.25) is 9.00 Å². The molecule has 2 aliphatic rings. The lowest BCUT2D eigenvalue weighted by molar-refractivity contribution is 0.0961. The maximum atomic E-state index is 12.4. The highest BCUT2D eigenvalue weighted by atomic mass is 32.2. The van der Waals surface area contributed by atoms with E-state index >= 15 is 0 Å². The van der Waals surface area contributed by atoms with Gasteiger partial charge in [-0.15, -0.1) is 0 Å². The van der Waals surface area contributed by atoms with E-state index in [1.54, 1.807) is 11.0 Å². The second-order valence-corrected chi connectivity index (χ2v) is 8.60. The Morgan fingerprint density at radius 3 is 3.00 bits per heavy atom. The van der Waals surface area contributed by atoms with Gasteiger partial charge in [-0.05, 0) is 26.3 Å². The monoisotopic (exact) mass is 336 g/mol. The van der Waals surface area contributed by atoms with E-state index in [-0.39, 0.29) is 16.7 Å². The quantitative estimate of drug-likeness (QED) is 0.803. The molecule has 1 unspecified atom stereocenters. The van der Waals surface area contributed by atoms with Crippen molar-refractivity contribution < 1.29 is 13.8 Å². The maximum Gasteiger partial charge on any atom is 0.321 e. The standard InChI is InChI=1S/C15H20N4O3S/c1-15(2)3-4-19(5-6-23(15)22)14(21)18-11-7-10-8-17-13(20)12(10)16-9-11/h7,9H,3-6,8H2,1-2H3,(H,17,20)(H,18,21). The van der Waals surface area contributed by atoms with Crippen molar-refractivity contribution in [3.8, 4) is 0 Å². The van der Waals surface area contributed by atoms with E-state index in [1.165, 1.54) is 6.20 Å². The van der Waals surface area contributed by atoms with Crippen LogP contribution in [0.1, 0.15) is 36.3 Å². The van der Waals surface area contributed by atoms with Crippen LogP contribution in [-0.2, 0) is 17.3 Å². The van der Waals surface area contributed by atoms with E-state index in [0.29, 0.717) is 43.2 Å². The number of pyridine rings is 1. The molecular weight excluding hydrogens is 316 g/mol. The van der Waals surface area contributed by atoms with Crippen LogP contribution in [0.5, 0.6) is 0 Å². The first-order valence-corrected chi connectivity index (χ1v) is 8.90. The van der Waals surface area contributed by atoms with Gasteiger partial charge < -0.3 is 15.5 Å². The Hall–Kier alpha value is -1.96. The van der Waals surface area contributed by atoms with Crippen molar-refractivity contribution in [1.82, 2.24) is 15.2 Å². The van der Waals surface area contributed by atoms with E-state index in [2.05, 4.69) is 15.6 Å². The first-order chi connectivity index (χ1) is 10.9. The molecular formula is C15H20N4O3S. The third-order valence-corrected chi connectivity index (χ3v) is 6.30. The molecule has 0 aromatic carbocycles. The van der Waals surface area contributed by atoms with Gasteiger partial charge in [-0.25, -0.2) is 9.78 Å². The summed E-state index contributed by atoms with van der Waals surface area (Å²) in [5.74, 6) is 0.302. The topological polar surface area (TPSA) is 91.4 Å². The number of aromatic nitrogens is 1. The second-order valence-electron chi connectivity index (χ2n) is 6.39. The number of nitrogens with one attached hydrogen (secondary N) is 2. The first-order valence-electron chi connectivity index (χ1n) is 7.58. The number of anilines is 1. The van der Waals surface area contributed by atoms with Crippen molar-refractivity contribution in [2.24, 2.45) is 0 Å². The Morgan fingerprint density at radius 1 is 1.43 bits per heavy atom. The summed E-state index contributed by atoms with van der Waals surface area (Å²) >= 11 is 0. The highest BCUT2D eigenvalue weighted by molar-refractivity contribution is 7.86. The lowest BCUT2D eigenvalue weighted by Crippen LogP contribution is -2.37. The minimum atomic E-state index is -0.935. The maximum absolute atomic E-state index is 12.4. The minimum absolute atomic E-state index is 0.185. The number of hydrogen-bond acceptors (Lipinski definition) is 4. The number of urea groups is 1. The zero-order valence-electron chi connectivity index (χ0n) is 13.2. The smallest absolute Gasteiger partial charge is 0.321 e. The molecule has 3 heterocycles. The van der Waals surface area contributed by atoms with Crippen molar-refractivity contribution in [3.63, 3.8) is 0 Å². The lowest BCUT2D eigenvalue weighted by atomic mass is 10.1. The minimum Gasteiger partial charge on any atom is -0.347 e. The van der Waals surface area contributed by atoms with Crippen LogP contribution in [0.25, 0.3) is 0 Å². The van der Waals surface area contributed by atoms with Crippen molar-refractivity contribution in [2.75, 3.05) is 24.2 Å². The van der Waals surface area contributed by atoms with Crippen LogP contribution in [-0.4, -0.2) is 49.6 Å². The number of hydrogen-bond donors (Lipinski definition) is 2. The number of amides is 3. The molecule has 0 spiro atoms. The highest BCUT2D eigenvalue weighted by Gasteiger charge is 2.31. The van der Waals surface area contributed by atoms with Gasteiger partial charge in [0.15, 0.2) is 0 Å². The van der Waals surface area contributed by atoms with Gasteiger partial charge >= 0.3 is 6.03 Å². The predicted octanol–water partition coefficient (Wildman–Crippen LogP) is 1.09. The molecule has 0 radical (unpaired) electrons. The summed E-state index contributed by atoms with van der Waals surface area (Å²) in [6, 6.07) is 1.54. The molecule has 124 valence electrons. The molecule has 2 N–H and O–H groups in total. The lowest BCUT2D eigenvalue weighted by Gasteiger charge is -2.22. The van der Waals surface area contributed by atoms with Gasteiger partial charge in [0.2, 0.25) is 0 Å². The highest BCUT2D eigenvalue weighted by Crippen LogP contribution is 2.23. The summed E-state index contributed by atoms with van der Waals surface area (Å²) in [4.78, 5) is 29.7. The molecule has 3 rings (SSSR count). The molecule has 1 saturated heterocycles. The Bertz CT molecular complexity index is 689. The number of fused-ring (bicyclic) bond motifs is 1. The molecule has 3 amide bonds. The third-order valence-electron chi connectivity index (χ3n) is 4.31. The third kappa shape index (κ3) is 3.21. The van der Waals surface area contributed by atoms with Crippen molar-refractivity contribution >= 4 is 28.4 Å². The molecule has 1 fully saturated rings. The molecule has 1 aromatic rings. The number of nitrogens with zero attached hydrogens (tertiary/aromatic N) is 2. The summed E-state index contributed by atoms with van der Waals surface area (Å²) < 4.78 is 11.9. The van der Waals surface area contributed by atoms with Gasteiger partial charge in [0.05, 0.1) is 11.9 Å². The summed E-state index contributed by atoms with van der Waals surface area (Å²) in [5.41, 5.74) is 1.76. The van der Waals surface area contributed by atoms with Crippen LogP contribution in [0, 0.1) is 0 Å². The molecule has 7 nitrogen and oxygen atoms in total. The van der Waals surface area contributed by atoms with Gasteiger partial charge in [0, 0.05) is 46.5 Å². The van der Waals surface area contributed by atoms with E-state index in [1.807, 2.05) is 13.8 Å². The van der Waals surface area contributed by atoms with Gasteiger partial charge in [-0.2, -0.15) is 0 Å². The van der Waals surface area contributed by atoms with Gasteiger partial charge in [0.25, 0.3) is 5.91 Å². The summed E-state index contributed by atoms with van der Waals surface area (Å²) in [7, 11) is -0.935. The average molecular weight is 336 g/mol. The van der Waals surface area contributed by atoms with Gasteiger partial charge in [-0.1, -0.05) is 0 Å². The molecule has 1 atom stereocenters. The zero-order valence-corrected chi connectivity index (χ0v) is 14.0. The second kappa shape index (κ2) is 5.92. The van der Waals surface area contributed by atoms with Crippen LogP contribution in [0.4, 0.5) is 10.5 Å². The fourth-order valence-corrected chi connectivity index (χ4v) is 3.94. The Balaban J connectivity index is 1.68. The van der Waals surface area contributed by atoms with Crippen molar-refractivity contribution in [2.45, 2.75) is 31.6 Å². The Labute approximate surface area is 137 Å². The fraction of sp³-hybridized carbons (Fsp3) is 0.533. The normalized spacial score (nSPS) is 23.0. The Kier molecular flexibility index (Phi) is 4.09. The fourth-order valence-electron chi connectivity index (χ4n) is 2.68. The van der Waals surface area contributed by atoms with E-state index < -0.39 is 10.8 Å².